The van der Waals surface area contributed by atoms with Gasteiger partial charge in [0.15, 0.2) is 0 Å². The maximum atomic E-state index is 3.51. The highest BCUT2D eigenvalue weighted by Crippen LogP contribution is 2.51. The number of benzene rings is 3. The van der Waals surface area contributed by atoms with Crippen LogP contribution in [0.3, 0.4) is 0 Å². The van der Waals surface area contributed by atoms with Crippen LogP contribution in [0.2, 0.25) is 0 Å². The summed E-state index contributed by atoms with van der Waals surface area (Å²) in [5.41, 5.74) is 5.25. The molecule has 1 N–H and O–H groups in total. The van der Waals surface area contributed by atoms with Crippen molar-refractivity contribution in [3.05, 3.63) is 102 Å². The number of para-hydroxylation sites is 1. The fourth-order valence-electron chi connectivity index (χ4n) is 4.15. The summed E-state index contributed by atoms with van der Waals surface area (Å²) in [5, 5.41) is 3.51. The molecule has 146 valence electrons. The van der Waals surface area contributed by atoms with Crippen LogP contribution >= 0.6 is 11.9 Å². The molecule has 0 aliphatic carbocycles. The molecular weight excluding hydrogens is 374 g/mol. The summed E-state index contributed by atoms with van der Waals surface area (Å²) in [4.78, 5) is 3.97. The highest BCUT2D eigenvalue weighted by Gasteiger charge is 2.39. The second-order valence-electron chi connectivity index (χ2n) is 7.39. The highest BCUT2D eigenvalue weighted by molar-refractivity contribution is 8.10. The Morgan fingerprint density at radius 2 is 1.24 bits per heavy atom. The lowest BCUT2D eigenvalue weighted by atomic mass is 9.98. The van der Waals surface area contributed by atoms with Crippen LogP contribution in [0.1, 0.15) is 11.1 Å². The van der Waals surface area contributed by atoms with E-state index in [0.29, 0.717) is 0 Å². The Morgan fingerprint density at radius 1 is 0.690 bits per heavy atom. The van der Waals surface area contributed by atoms with Crippen LogP contribution in [-0.2, 0) is 0 Å². The van der Waals surface area contributed by atoms with Gasteiger partial charge in [0.1, 0.15) is 6.17 Å². The van der Waals surface area contributed by atoms with Crippen molar-refractivity contribution in [3.8, 4) is 0 Å². The highest BCUT2D eigenvalue weighted by atomic mass is 32.2. The molecule has 0 radical (unpaired) electrons. The van der Waals surface area contributed by atoms with Crippen molar-refractivity contribution >= 4 is 28.1 Å². The molecule has 0 amide bonds. The average Bonchev–Trinajstić information content (AvgIpc) is 3.22. The Labute approximate surface area is 177 Å². The zero-order valence-electron chi connectivity index (χ0n) is 16.4. The summed E-state index contributed by atoms with van der Waals surface area (Å²) in [7, 11) is 0. The van der Waals surface area contributed by atoms with Gasteiger partial charge in [-0.15, -0.1) is 0 Å². The lowest BCUT2D eigenvalue weighted by molar-refractivity contribution is 0.216. The standard InChI is InChI=1S/C25H25N3S/c1-4-10-20(11-5-1)23-24(21-12-6-2-7-13-21)29-28(22-14-8-3-9-15-22)25(23)27-18-16-26-17-19-27/h1-15,25-26H,16-19H2. The minimum Gasteiger partial charge on any atom is -0.314 e. The molecule has 2 heterocycles. The third kappa shape index (κ3) is 3.71. The summed E-state index contributed by atoms with van der Waals surface area (Å²) in [6.07, 6.45) is 0.210. The van der Waals surface area contributed by atoms with Crippen molar-refractivity contribution in [3.63, 3.8) is 0 Å². The minimum absolute atomic E-state index is 0.210. The van der Waals surface area contributed by atoms with E-state index in [9.17, 15) is 0 Å². The molecule has 0 aromatic heterocycles. The second-order valence-corrected chi connectivity index (χ2v) is 8.37. The van der Waals surface area contributed by atoms with Crippen molar-refractivity contribution in [2.24, 2.45) is 0 Å². The first-order chi connectivity index (χ1) is 14.4. The van der Waals surface area contributed by atoms with Gasteiger partial charge >= 0.3 is 0 Å². The van der Waals surface area contributed by atoms with Crippen molar-refractivity contribution in [2.45, 2.75) is 6.17 Å². The summed E-state index contributed by atoms with van der Waals surface area (Å²) < 4.78 is 2.50. The van der Waals surface area contributed by atoms with Crippen LogP contribution in [0.15, 0.2) is 91.0 Å². The predicted octanol–water partition coefficient (Wildman–Crippen LogP) is 4.95. The Hall–Kier alpha value is -2.53. The van der Waals surface area contributed by atoms with Crippen LogP contribution in [0.5, 0.6) is 0 Å². The third-order valence-corrected chi connectivity index (χ3v) is 6.79. The van der Waals surface area contributed by atoms with E-state index in [0.717, 1.165) is 26.2 Å². The molecule has 4 heteroatoms. The van der Waals surface area contributed by atoms with E-state index in [2.05, 4.69) is 106 Å². The molecule has 3 nitrogen and oxygen atoms in total. The first-order valence-corrected chi connectivity index (χ1v) is 11.0. The van der Waals surface area contributed by atoms with E-state index in [1.165, 1.54) is 27.3 Å². The van der Waals surface area contributed by atoms with E-state index < -0.39 is 0 Å². The lowest BCUT2D eigenvalue weighted by Crippen LogP contribution is -2.52. The van der Waals surface area contributed by atoms with Gasteiger partial charge in [-0.25, -0.2) is 0 Å². The van der Waals surface area contributed by atoms with Gasteiger partial charge in [-0.1, -0.05) is 78.9 Å². The molecule has 0 spiro atoms. The second kappa shape index (κ2) is 8.46. The smallest absolute Gasteiger partial charge is 0.121 e. The Balaban J connectivity index is 1.67. The predicted molar refractivity (Wildman–Crippen MR) is 124 cm³/mol. The first kappa shape index (κ1) is 18.5. The maximum absolute atomic E-state index is 3.51. The molecule has 3 aromatic carbocycles. The van der Waals surface area contributed by atoms with Gasteiger partial charge in [0.05, 0.1) is 0 Å². The van der Waals surface area contributed by atoms with E-state index in [1.807, 2.05) is 11.9 Å². The zero-order chi connectivity index (χ0) is 19.5. The fourth-order valence-corrected chi connectivity index (χ4v) is 5.48. The molecule has 0 bridgehead atoms. The van der Waals surface area contributed by atoms with Crippen LogP contribution in [0.4, 0.5) is 5.69 Å². The number of hydrogen-bond donors (Lipinski definition) is 1. The lowest BCUT2D eigenvalue weighted by Gasteiger charge is -2.39. The van der Waals surface area contributed by atoms with Crippen LogP contribution in [0, 0.1) is 0 Å². The van der Waals surface area contributed by atoms with Gasteiger partial charge in [-0.05, 0) is 35.2 Å². The van der Waals surface area contributed by atoms with E-state index in [1.54, 1.807) is 0 Å². The quantitative estimate of drug-likeness (QED) is 0.625. The molecule has 29 heavy (non-hydrogen) atoms. The Kier molecular flexibility index (Phi) is 5.39. The molecule has 3 aromatic rings. The van der Waals surface area contributed by atoms with Crippen molar-refractivity contribution in [2.75, 3.05) is 30.5 Å². The molecule has 0 saturated carbocycles. The molecule has 5 rings (SSSR count). The summed E-state index contributed by atoms with van der Waals surface area (Å²) in [5.74, 6) is 0. The van der Waals surface area contributed by atoms with E-state index >= 15 is 0 Å². The van der Waals surface area contributed by atoms with Crippen molar-refractivity contribution in [1.82, 2.24) is 10.2 Å². The van der Waals surface area contributed by atoms with Gasteiger partial charge in [0.2, 0.25) is 0 Å². The van der Waals surface area contributed by atoms with Gasteiger partial charge in [0.25, 0.3) is 0 Å². The van der Waals surface area contributed by atoms with Gasteiger partial charge < -0.3 is 5.32 Å². The number of rotatable bonds is 4. The maximum Gasteiger partial charge on any atom is 0.121 e. The number of hydrogen-bond acceptors (Lipinski definition) is 4. The molecular formula is C25H25N3S. The van der Waals surface area contributed by atoms with Crippen LogP contribution < -0.4 is 9.62 Å². The summed E-state index contributed by atoms with van der Waals surface area (Å²) in [6.45, 7) is 4.17. The monoisotopic (exact) mass is 399 g/mol. The first-order valence-electron chi connectivity index (χ1n) is 10.2. The number of nitrogens with zero attached hydrogens (tertiary/aromatic N) is 2. The minimum atomic E-state index is 0.210. The van der Waals surface area contributed by atoms with Gasteiger partial charge in [-0.2, -0.15) is 0 Å². The zero-order valence-corrected chi connectivity index (χ0v) is 17.2. The molecule has 1 saturated heterocycles. The topological polar surface area (TPSA) is 18.5 Å². The van der Waals surface area contributed by atoms with Crippen molar-refractivity contribution in [1.29, 1.82) is 0 Å². The number of nitrogens with one attached hydrogen (secondary N) is 1. The van der Waals surface area contributed by atoms with Crippen LogP contribution in [-0.4, -0.2) is 37.2 Å². The third-order valence-electron chi connectivity index (χ3n) is 5.54. The van der Waals surface area contributed by atoms with Crippen LogP contribution in [0.25, 0.3) is 10.5 Å². The molecule has 2 aliphatic heterocycles. The molecule has 1 fully saturated rings. The van der Waals surface area contributed by atoms with E-state index in [4.69, 9.17) is 0 Å². The van der Waals surface area contributed by atoms with Gasteiger partial charge in [-0.3, -0.25) is 9.21 Å². The number of anilines is 1. The normalized spacial score (nSPS) is 20.3. The average molecular weight is 400 g/mol. The molecule has 1 unspecified atom stereocenters. The Bertz CT molecular complexity index is 967. The van der Waals surface area contributed by atoms with Gasteiger partial charge in [0, 0.05) is 42.3 Å². The summed E-state index contributed by atoms with van der Waals surface area (Å²) in [6, 6.07) is 32.5. The molecule has 2 aliphatic rings. The largest absolute Gasteiger partial charge is 0.314 e. The molecule has 1 atom stereocenters. The SMILES string of the molecule is c1ccc(C2=C(c3ccccc3)C(N3CCNCC3)N(c3ccccc3)S2)cc1. The van der Waals surface area contributed by atoms with E-state index in [-0.39, 0.29) is 6.17 Å². The number of piperazine rings is 1. The Morgan fingerprint density at radius 3 is 1.86 bits per heavy atom. The van der Waals surface area contributed by atoms with Crippen molar-refractivity contribution < 1.29 is 0 Å². The summed E-state index contributed by atoms with van der Waals surface area (Å²) >= 11 is 1.87. The fraction of sp³-hybridized carbons (Fsp3) is 0.200.